The molecule has 1 aromatic rings. The number of carbonyl (C=O) groups excluding carboxylic acids is 1. The number of carbonyl (C=O) groups is 1. The van der Waals surface area contributed by atoms with Crippen LogP contribution in [-0.2, 0) is 10.5 Å². The Morgan fingerprint density at radius 1 is 1.43 bits per heavy atom. The van der Waals surface area contributed by atoms with Gasteiger partial charge < -0.3 is 5.32 Å². The summed E-state index contributed by atoms with van der Waals surface area (Å²) >= 11 is 1.28. The molecular formula is C12H9N5O3S. The van der Waals surface area contributed by atoms with Crippen LogP contribution in [-0.4, -0.2) is 34.2 Å². The molecule has 0 aliphatic carbocycles. The number of thioether (sulfide) groups is 1. The first kappa shape index (κ1) is 13.4. The highest BCUT2D eigenvalue weighted by Crippen LogP contribution is 2.20. The summed E-state index contributed by atoms with van der Waals surface area (Å²) in [5, 5.41) is 13.8. The topological polar surface area (TPSA) is 109 Å². The van der Waals surface area contributed by atoms with Gasteiger partial charge in [0.05, 0.1) is 4.92 Å². The minimum absolute atomic E-state index is 0.0383. The van der Waals surface area contributed by atoms with Crippen molar-refractivity contribution in [1.82, 2.24) is 5.32 Å². The van der Waals surface area contributed by atoms with Crippen LogP contribution in [0.5, 0.6) is 0 Å². The van der Waals surface area contributed by atoms with Crippen LogP contribution < -0.4 is 5.32 Å². The third-order valence-corrected chi connectivity index (χ3v) is 3.79. The van der Waals surface area contributed by atoms with E-state index in [1.165, 1.54) is 30.2 Å². The molecule has 8 nitrogen and oxygen atoms in total. The SMILES string of the molecule is O=C1NC(SCc2cccc([N+](=O)[O-])c2)=NC2=NC=NC12. The van der Waals surface area contributed by atoms with Crippen molar-refractivity contribution in [2.45, 2.75) is 11.8 Å². The van der Waals surface area contributed by atoms with Crippen LogP contribution in [0.2, 0.25) is 0 Å². The van der Waals surface area contributed by atoms with Gasteiger partial charge in [-0.25, -0.2) is 9.98 Å². The Labute approximate surface area is 123 Å². The zero-order valence-corrected chi connectivity index (χ0v) is 11.4. The van der Waals surface area contributed by atoms with Crippen molar-refractivity contribution in [3.63, 3.8) is 0 Å². The minimum Gasteiger partial charge on any atom is -0.303 e. The summed E-state index contributed by atoms with van der Waals surface area (Å²) in [4.78, 5) is 34.0. The van der Waals surface area contributed by atoms with Crippen molar-refractivity contribution in [2.75, 3.05) is 0 Å². The molecule has 0 fully saturated rings. The Bertz CT molecular complexity index is 713. The van der Waals surface area contributed by atoms with Crippen molar-refractivity contribution < 1.29 is 9.72 Å². The molecule has 1 aromatic carbocycles. The molecule has 1 amide bonds. The average molecular weight is 303 g/mol. The Morgan fingerprint density at radius 2 is 2.29 bits per heavy atom. The molecule has 1 N–H and O–H groups in total. The van der Waals surface area contributed by atoms with Crippen LogP contribution >= 0.6 is 11.8 Å². The van der Waals surface area contributed by atoms with E-state index in [0.717, 1.165) is 5.56 Å². The number of amides is 1. The average Bonchev–Trinajstić information content (AvgIpc) is 2.94. The van der Waals surface area contributed by atoms with Crippen molar-refractivity contribution in [2.24, 2.45) is 15.0 Å². The number of benzene rings is 1. The second kappa shape index (κ2) is 5.44. The smallest absolute Gasteiger partial charge is 0.269 e. The molecule has 106 valence electrons. The molecule has 9 heteroatoms. The molecule has 1 atom stereocenters. The number of rotatable bonds is 3. The third kappa shape index (κ3) is 2.82. The summed E-state index contributed by atoms with van der Waals surface area (Å²) in [6.07, 6.45) is 1.32. The third-order valence-electron chi connectivity index (χ3n) is 2.84. The van der Waals surface area contributed by atoms with Gasteiger partial charge in [-0.3, -0.25) is 19.9 Å². The van der Waals surface area contributed by atoms with Crippen LogP contribution in [0.1, 0.15) is 5.56 Å². The summed E-state index contributed by atoms with van der Waals surface area (Å²) in [6, 6.07) is 5.69. The van der Waals surface area contributed by atoms with Crippen LogP contribution in [0, 0.1) is 10.1 Å². The lowest BCUT2D eigenvalue weighted by molar-refractivity contribution is -0.384. The van der Waals surface area contributed by atoms with Crippen molar-refractivity contribution in [3.05, 3.63) is 39.9 Å². The quantitative estimate of drug-likeness (QED) is 0.666. The van der Waals surface area contributed by atoms with E-state index in [0.29, 0.717) is 16.8 Å². The van der Waals surface area contributed by atoms with E-state index in [1.807, 2.05) is 0 Å². The molecule has 21 heavy (non-hydrogen) atoms. The molecule has 0 saturated heterocycles. The maximum absolute atomic E-state index is 11.8. The lowest BCUT2D eigenvalue weighted by Gasteiger charge is -2.16. The summed E-state index contributed by atoms with van der Waals surface area (Å²) in [5.74, 6) is 0.568. The number of hydrogen-bond donors (Lipinski definition) is 1. The maximum Gasteiger partial charge on any atom is 0.269 e. The Morgan fingerprint density at radius 3 is 3.10 bits per heavy atom. The number of hydrogen-bond acceptors (Lipinski definition) is 7. The fraction of sp³-hybridized carbons (Fsp3) is 0.167. The zero-order valence-electron chi connectivity index (χ0n) is 10.6. The highest BCUT2D eigenvalue weighted by molar-refractivity contribution is 8.13. The van der Waals surface area contributed by atoms with Crippen LogP contribution in [0.3, 0.4) is 0 Å². The van der Waals surface area contributed by atoms with Gasteiger partial charge >= 0.3 is 0 Å². The van der Waals surface area contributed by atoms with E-state index in [-0.39, 0.29) is 11.6 Å². The molecule has 0 aromatic heterocycles. The van der Waals surface area contributed by atoms with Crippen LogP contribution in [0.4, 0.5) is 5.69 Å². The molecule has 2 heterocycles. The maximum atomic E-state index is 11.8. The Balaban J connectivity index is 1.70. The van der Waals surface area contributed by atoms with E-state index in [9.17, 15) is 14.9 Å². The van der Waals surface area contributed by atoms with Gasteiger partial charge in [0.1, 0.15) is 6.34 Å². The number of nitrogens with zero attached hydrogens (tertiary/aromatic N) is 4. The molecule has 2 aliphatic heterocycles. The van der Waals surface area contributed by atoms with Crippen molar-refractivity contribution in [3.8, 4) is 0 Å². The van der Waals surface area contributed by atoms with Crippen molar-refractivity contribution >= 4 is 40.7 Å². The zero-order chi connectivity index (χ0) is 14.8. The van der Waals surface area contributed by atoms with Crippen molar-refractivity contribution in [1.29, 1.82) is 0 Å². The molecule has 0 bridgehead atoms. The number of amidine groups is 2. The molecular weight excluding hydrogens is 294 g/mol. The first-order valence-electron chi connectivity index (χ1n) is 5.98. The minimum atomic E-state index is -0.646. The van der Waals surface area contributed by atoms with Crippen LogP contribution in [0.15, 0.2) is 39.2 Å². The van der Waals surface area contributed by atoms with Crippen LogP contribution in [0.25, 0.3) is 0 Å². The largest absolute Gasteiger partial charge is 0.303 e. The van der Waals surface area contributed by atoms with Gasteiger partial charge in [-0.2, -0.15) is 0 Å². The Kier molecular flexibility index (Phi) is 3.48. The number of fused-ring (bicyclic) bond motifs is 1. The fourth-order valence-corrected chi connectivity index (χ4v) is 2.67. The number of nitro groups is 1. The molecule has 0 radical (unpaired) electrons. The lowest BCUT2D eigenvalue weighted by atomic mass is 10.2. The second-order valence-corrected chi connectivity index (χ2v) is 5.24. The molecule has 3 rings (SSSR count). The summed E-state index contributed by atoms with van der Waals surface area (Å²) in [7, 11) is 0. The monoisotopic (exact) mass is 303 g/mol. The molecule has 2 aliphatic rings. The number of nitrogens with one attached hydrogen (secondary N) is 1. The molecule has 1 unspecified atom stereocenters. The summed E-state index contributed by atoms with van der Waals surface area (Å²) in [5.41, 5.74) is 0.814. The van der Waals surface area contributed by atoms with E-state index in [4.69, 9.17) is 0 Å². The van der Waals surface area contributed by atoms with Gasteiger partial charge in [0.25, 0.3) is 11.6 Å². The van der Waals surface area contributed by atoms with E-state index in [2.05, 4.69) is 20.3 Å². The second-order valence-electron chi connectivity index (χ2n) is 4.28. The Hall–Kier alpha value is -2.55. The van der Waals surface area contributed by atoms with E-state index >= 15 is 0 Å². The standard InChI is InChI=1S/C12H9N5O3S/c18-11-9-10(14-6-13-9)15-12(16-11)21-5-7-2-1-3-8(4-7)17(19)20/h1-4,6,9H,5H2,(H,13,14,15,16,18). The summed E-state index contributed by atoms with van der Waals surface area (Å²) in [6.45, 7) is 0. The van der Waals surface area contributed by atoms with Gasteiger partial charge in [-0.15, -0.1) is 0 Å². The predicted molar refractivity (Wildman–Crippen MR) is 79.7 cm³/mol. The number of non-ortho nitro benzene ring substituents is 1. The highest BCUT2D eigenvalue weighted by atomic mass is 32.2. The number of nitro benzene ring substituents is 1. The summed E-state index contributed by atoms with van der Waals surface area (Å²) < 4.78 is 0. The first-order chi connectivity index (χ1) is 10.1. The lowest BCUT2D eigenvalue weighted by Crippen LogP contribution is -2.44. The van der Waals surface area contributed by atoms with Gasteiger partial charge in [-0.05, 0) is 5.56 Å². The molecule has 0 saturated carbocycles. The van der Waals surface area contributed by atoms with E-state index in [1.54, 1.807) is 12.1 Å². The number of aliphatic imine (C=N–C) groups is 3. The molecule has 0 spiro atoms. The highest BCUT2D eigenvalue weighted by Gasteiger charge is 2.31. The van der Waals surface area contributed by atoms with Gasteiger partial charge in [0.2, 0.25) is 0 Å². The fourth-order valence-electron chi connectivity index (χ4n) is 1.86. The first-order valence-corrected chi connectivity index (χ1v) is 6.97. The predicted octanol–water partition coefficient (Wildman–Crippen LogP) is 1.12. The van der Waals surface area contributed by atoms with Gasteiger partial charge in [-0.1, -0.05) is 23.9 Å². The van der Waals surface area contributed by atoms with E-state index < -0.39 is 11.0 Å². The van der Waals surface area contributed by atoms with Gasteiger partial charge in [0.15, 0.2) is 17.0 Å². The van der Waals surface area contributed by atoms with Gasteiger partial charge in [0, 0.05) is 17.9 Å². The normalized spacial score (nSPS) is 19.6.